The fraction of sp³-hybridized carbons (Fsp3) is 0.500. The summed E-state index contributed by atoms with van der Waals surface area (Å²) in [6, 6.07) is 16.8. The first-order valence-electron chi connectivity index (χ1n) is 11.4. The summed E-state index contributed by atoms with van der Waals surface area (Å²) in [5.41, 5.74) is 2.23. The number of rotatable bonds is 5. The van der Waals surface area contributed by atoms with Gasteiger partial charge in [-0.1, -0.05) is 30.3 Å². The molecule has 0 radical (unpaired) electrons. The zero-order valence-corrected chi connectivity index (χ0v) is 22.3. The van der Waals surface area contributed by atoms with Gasteiger partial charge in [0, 0.05) is 44.2 Å². The fourth-order valence-corrected chi connectivity index (χ4v) is 4.82. The molecule has 0 bridgehead atoms. The first-order valence-corrected chi connectivity index (χ1v) is 11.4. The second-order valence-electron chi connectivity index (χ2n) is 9.35. The molecule has 2 aliphatic rings. The molecule has 2 N–H and O–H groups in total. The minimum absolute atomic E-state index is 0. The van der Waals surface area contributed by atoms with Crippen LogP contribution >= 0.6 is 24.0 Å². The van der Waals surface area contributed by atoms with Gasteiger partial charge in [0.05, 0.1) is 13.2 Å². The van der Waals surface area contributed by atoms with E-state index < -0.39 is 0 Å². The summed E-state index contributed by atoms with van der Waals surface area (Å²) < 4.78 is 17.2. The van der Waals surface area contributed by atoms with Gasteiger partial charge in [-0.2, -0.15) is 0 Å². The molecular formula is C26H36IN3O3. The predicted molar refractivity (Wildman–Crippen MR) is 143 cm³/mol. The normalized spacial score (nSPS) is 21.1. The van der Waals surface area contributed by atoms with Crippen molar-refractivity contribution >= 4 is 29.9 Å². The molecule has 0 spiro atoms. The van der Waals surface area contributed by atoms with E-state index in [0.717, 1.165) is 56.5 Å². The zero-order valence-electron chi connectivity index (χ0n) is 20.0. The summed E-state index contributed by atoms with van der Waals surface area (Å²) in [4.78, 5) is 4.54. The Balaban J connectivity index is 0.00000306. The lowest BCUT2D eigenvalue weighted by Crippen LogP contribution is -2.50. The fourth-order valence-electron chi connectivity index (χ4n) is 4.82. The molecule has 2 aliphatic heterocycles. The topological polar surface area (TPSA) is 64.1 Å². The Bertz CT molecular complexity index is 940. The van der Waals surface area contributed by atoms with Crippen LogP contribution in [0.15, 0.2) is 53.5 Å². The monoisotopic (exact) mass is 565 g/mol. The second kappa shape index (κ2) is 11.0. The highest BCUT2D eigenvalue weighted by Gasteiger charge is 2.36. The Hall–Kier alpha value is -2.00. The highest BCUT2D eigenvalue weighted by Crippen LogP contribution is 2.39. The first-order chi connectivity index (χ1) is 15.4. The van der Waals surface area contributed by atoms with Crippen molar-refractivity contribution in [2.45, 2.75) is 50.2 Å². The number of nitrogens with one attached hydrogen (secondary N) is 2. The van der Waals surface area contributed by atoms with Gasteiger partial charge in [0.25, 0.3) is 0 Å². The van der Waals surface area contributed by atoms with Crippen molar-refractivity contribution in [2.24, 2.45) is 4.99 Å². The smallest absolute Gasteiger partial charge is 0.191 e. The molecule has 33 heavy (non-hydrogen) atoms. The number of nitrogens with zero attached hydrogens (tertiary/aromatic N) is 1. The van der Waals surface area contributed by atoms with Crippen LogP contribution in [0.3, 0.4) is 0 Å². The molecular weight excluding hydrogens is 529 g/mol. The van der Waals surface area contributed by atoms with Crippen LogP contribution in [0.5, 0.6) is 11.5 Å². The van der Waals surface area contributed by atoms with E-state index in [1.54, 1.807) is 7.11 Å². The van der Waals surface area contributed by atoms with E-state index in [0.29, 0.717) is 0 Å². The lowest BCUT2D eigenvalue weighted by Gasteiger charge is -2.40. The number of benzene rings is 2. The second-order valence-corrected chi connectivity index (χ2v) is 9.35. The molecule has 180 valence electrons. The summed E-state index contributed by atoms with van der Waals surface area (Å²) in [5.74, 6) is 2.62. The van der Waals surface area contributed by atoms with Gasteiger partial charge < -0.3 is 24.8 Å². The predicted octanol–water partition coefficient (Wildman–Crippen LogP) is 4.83. The molecule has 2 aromatic rings. The van der Waals surface area contributed by atoms with Crippen molar-refractivity contribution in [1.29, 1.82) is 0 Å². The van der Waals surface area contributed by atoms with Crippen molar-refractivity contribution in [3.63, 3.8) is 0 Å². The van der Waals surface area contributed by atoms with Crippen LogP contribution in [-0.2, 0) is 10.2 Å². The van der Waals surface area contributed by atoms with Crippen molar-refractivity contribution in [3.05, 3.63) is 59.7 Å². The highest BCUT2D eigenvalue weighted by atomic mass is 127. The van der Waals surface area contributed by atoms with Gasteiger partial charge in [0.15, 0.2) is 5.96 Å². The van der Waals surface area contributed by atoms with E-state index in [9.17, 15) is 0 Å². The Morgan fingerprint density at radius 3 is 2.45 bits per heavy atom. The molecule has 1 fully saturated rings. The quantitative estimate of drug-likeness (QED) is 0.309. The molecule has 0 saturated carbocycles. The third kappa shape index (κ3) is 5.93. The van der Waals surface area contributed by atoms with Crippen molar-refractivity contribution in [1.82, 2.24) is 10.6 Å². The van der Waals surface area contributed by atoms with Crippen LogP contribution in [0, 0.1) is 0 Å². The number of methoxy groups -OCH3 is 1. The van der Waals surface area contributed by atoms with E-state index in [1.165, 1.54) is 11.1 Å². The van der Waals surface area contributed by atoms with Gasteiger partial charge in [-0.05, 0) is 50.5 Å². The molecule has 2 aromatic carbocycles. The molecule has 0 aliphatic carbocycles. The lowest BCUT2D eigenvalue weighted by molar-refractivity contribution is 0.0511. The van der Waals surface area contributed by atoms with Crippen LogP contribution in [0.2, 0.25) is 0 Å². The summed E-state index contributed by atoms with van der Waals surface area (Å²) >= 11 is 0. The molecule has 0 aromatic heterocycles. The van der Waals surface area contributed by atoms with Crippen LogP contribution < -0.4 is 20.1 Å². The number of guanidine groups is 1. The number of fused-ring (bicyclic) bond motifs is 1. The maximum atomic E-state index is 6.19. The van der Waals surface area contributed by atoms with Gasteiger partial charge in [0.1, 0.15) is 17.1 Å². The van der Waals surface area contributed by atoms with Crippen molar-refractivity contribution in [3.8, 4) is 11.5 Å². The average Bonchev–Trinajstić information content (AvgIpc) is 2.81. The average molecular weight is 565 g/mol. The Morgan fingerprint density at radius 2 is 1.79 bits per heavy atom. The maximum absolute atomic E-state index is 6.19. The molecule has 0 amide bonds. The summed E-state index contributed by atoms with van der Waals surface area (Å²) in [7, 11) is 3.53. The number of para-hydroxylation sites is 1. The highest BCUT2D eigenvalue weighted by molar-refractivity contribution is 14.0. The van der Waals surface area contributed by atoms with Gasteiger partial charge in [-0.25, -0.2) is 0 Å². The van der Waals surface area contributed by atoms with Crippen LogP contribution in [0.25, 0.3) is 0 Å². The maximum Gasteiger partial charge on any atom is 0.191 e. The standard InChI is InChI=1S/C26H35N3O3.HI/c1-25(2)17-22(21-7-5-6-8-23(21)32-25)29-24(27-3)28-18-26(13-15-31-16-14-26)19-9-11-20(30-4)12-10-19;/h5-12,22H,13-18H2,1-4H3,(H2,27,28,29);1H. The van der Waals surface area contributed by atoms with Crippen molar-refractivity contribution < 1.29 is 14.2 Å². The van der Waals surface area contributed by atoms with E-state index in [4.69, 9.17) is 14.2 Å². The third-order valence-electron chi connectivity index (χ3n) is 6.66. The summed E-state index contributed by atoms with van der Waals surface area (Å²) in [6.45, 7) is 6.59. The molecule has 6 nitrogen and oxygen atoms in total. The Kier molecular flexibility index (Phi) is 8.50. The number of hydrogen-bond donors (Lipinski definition) is 2. The minimum Gasteiger partial charge on any atom is -0.497 e. The molecule has 4 rings (SSSR count). The molecule has 1 unspecified atom stereocenters. The van der Waals surface area contributed by atoms with E-state index in [-0.39, 0.29) is 41.0 Å². The van der Waals surface area contributed by atoms with Crippen LogP contribution in [-0.4, -0.2) is 45.5 Å². The third-order valence-corrected chi connectivity index (χ3v) is 6.66. The van der Waals surface area contributed by atoms with Crippen LogP contribution in [0.1, 0.15) is 50.3 Å². The minimum atomic E-state index is -0.240. The number of hydrogen-bond acceptors (Lipinski definition) is 4. The van der Waals surface area contributed by atoms with E-state index >= 15 is 0 Å². The molecule has 2 heterocycles. The largest absolute Gasteiger partial charge is 0.497 e. The zero-order chi connectivity index (χ0) is 22.6. The van der Waals surface area contributed by atoms with Crippen molar-refractivity contribution in [2.75, 3.05) is 33.9 Å². The summed E-state index contributed by atoms with van der Waals surface area (Å²) in [5, 5.41) is 7.28. The van der Waals surface area contributed by atoms with Gasteiger partial charge in [-0.3, -0.25) is 4.99 Å². The number of aliphatic imine (C=N–C) groups is 1. The van der Waals surface area contributed by atoms with Gasteiger partial charge in [-0.15, -0.1) is 24.0 Å². The molecule has 1 atom stereocenters. The van der Waals surface area contributed by atoms with Crippen LogP contribution in [0.4, 0.5) is 0 Å². The Labute approximate surface area is 214 Å². The van der Waals surface area contributed by atoms with E-state index in [1.807, 2.05) is 31.3 Å². The van der Waals surface area contributed by atoms with E-state index in [2.05, 4.69) is 53.7 Å². The molecule has 1 saturated heterocycles. The SMILES string of the molecule is CN=C(NCC1(c2ccc(OC)cc2)CCOCC1)NC1CC(C)(C)Oc2ccccc21.I. The summed E-state index contributed by atoms with van der Waals surface area (Å²) in [6.07, 6.45) is 2.80. The van der Waals surface area contributed by atoms with Gasteiger partial charge >= 0.3 is 0 Å². The van der Waals surface area contributed by atoms with Gasteiger partial charge in [0.2, 0.25) is 0 Å². The number of ether oxygens (including phenoxy) is 3. The lowest BCUT2D eigenvalue weighted by atomic mass is 9.74. The Morgan fingerprint density at radius 1 is 1.09 bits per heavy atom. The molecule has 7 heteroatoms. The number of halogens is 1. The first kappa shape index (κ1) is 25.6.